The van der Waals surface area contributed by atoms with Gasteiger partial charge in [0.1, 0.15) is 5.82 Å². The lowest BCUT2D eigenvalue weighted by Gasteiger charge is -2.39. The van der Waals surface area contributed by atoms with Crippen LogP contribution in [0.1, 0.15) is 0 Å². The summed E-state index contributed by atoms with van der Waals surface area (Å²) in [5.74, 6) is 0.231. The summed E-state index contributed by atoms with van der Waals surface area (Å²) in [6.45, 7) is 1.53. The van der Waals surface area contributed by atoms with E-state index in [9.17, 15) is 4.39 Å². The third-order valence-corrected chi connectivity index (χ3v) is 2.34. The summed E-state index contributed by atoms with van der Waals surface area (Å²) in [5, 5.41) is 0. The third kappa shape index (κ3) is 1.50. The van der Waals surface area contributed by atoms with Gasteiger partial charge in [0.05, 0.1) is 18.0 Å². The topological polar surface area (TPSA) is 51.4 Å². The second-order valence-corrected chi connectivity index (χ2v) is 3.33. The molecule has 0 spiro atoms. The van der Waals surface area contributed by atoms with E-state index in [2.05, 4.69) is 4.98 Å². The predicted molar refractivity (Wildman–Crippen MR) is 51.6 cm³/mol. The van der Waals surface area contributed by atoms with Crippen LogP contribution in [0.3, 0.4) is 0 Å². The van der Waals surface area contributed by atoms with Crippen LogP contribution in [0.4, 0.5) is 15.9 Å². The minimum absolute atomic E-state index is 0.237. The van der Waals surface area contributed by atoms with Crippen LogP contribution in [0.15, 0.2) is 12.3 Å². The Kier molecular flexibility index (Phi) is 2.25. The minimum atomic E-state index is -0.407. The average molecular weight is 197 g/mol. The number of nitrogens with zero attached hydrogens (tertiary/aromatic N) is 2. The van der Waals surface area contributed by atoms with Gasteiger partial charge in [-0.25, -0.2) is 9.37 Å². The summed E-state index contributed by atoms with van der Waals surface area (Å²) < 4.78 is 17.8. The molecule has 76 valence electrons. The molecule has 1 aromatic rings. The minimum Gasteiger partial charge on any atom is -0.396 e. The van der Waals surface area contributed by atoms with Crippen molar-refractivity contribution in [2.45, 2.75) is 6.10 Å². The number of ether oxygens (including phenoxy) is 1. The number of hydrogen-bond acceptors (Lipinski definition) is 4. The number of hydrogen-bond donors (Lipinski definition) is 1. The zero-order valence-corrected chi connectivity index (χ0v) is 7.90. The summed E-state index contributed by atoms with van der Waals surface area (Å²) >= 11 is 0. The molecule has 1 saturated heterocycles. The van der Waals surface area contributed by atoms with Crippen molar-refractivity contribution < 1.29 is 9.13 Å². The number of aromatic nitrogens is 1. The van der Waals surface area contributed by atoms with Gasteiger partial charge in [0.25, 0.3) is 0 Å². The summed E-state index contributed by atoms with van der Waals surface area (Å²) in [6, 6.07) is 1.28. The van der Waals surface area contributed by atoms with Crippen molar-refractivity contribution in [3.63, 3.8) is 0 Å². The number of methoxy groups -OCH3 is 1. The Morgan fingerprint density at radius 1 is 1.64 bits per heavy atom. The van der Waals surface area contributed by atoms with Crippen LogP contribution in [-0.2, 0) is 4.74 Å². The van der Waals surface area contributed by atoms with Crippen LogP contribution >= 0.6 is 0 Å². The Morgan fingerprint density at radius 2 is 2.36 bits per heavy atom. The van der Waals surface area contributed by atoms with Gasteiger partial charge in [-0.2, -0.15) is 0 Å². The smallest absolute Gasteiger partial charge is 0.152 e. The molecule has 0 radical (unpaired) electrons. The lowest BCUT2D eigenvalue weighted by atomic mass is 10.1. The molecule has 2 heterocycles. The first kappa shape index (κ1) is 9.21. The summed E-state index contributed by atoms with van der Waals surface area (Å²) in [4.78, 5) is 5.90. The van der Waals surface area contributed by atoms with E-state index >= 15 is 0 Å². The van der Waals surface area contributed by atoms with Gasteiger partial charge in [-0.05, 0) is 0 Å². The number of nitrogens with two attached hydrogens (primary N) is 1. The molecule has 1 aromatic heterocycles. The highest BCUT2D eigenvalue weighted by molar-refractivity contribution is 5.63. The molecule has 0 bridgehead atoms. The van der Waals surface area contributed by atoms with Gasteiger partial charge >= 0.3 is 0 Å². The molecule has 2 rings (SSSR count). The molecule has 2 N–H and O–H groups in total. The quantitative estimate of drug-likeness (QED) is 0.755. The van der Waals surface area contributed by atoms with Gasteiger partial charge in [-0.15, -0.1) is 0 Å². The van der Waals surface area contributed by atoms with Crippen LogP contribution in [0, 0.1) is 5.82 Å². The number of rotatable bonds is 2. The van der Waals surface area contributed by atoms with E-state index in [0.29, 0.717) is 11.5 Å². The molecule has 0 aromatic carbocycles. The molecule has 4 nitrogen and oxygen atoms in total. The van der Waals surface area contributed by atoms with Crippen LogP contribution in [-0.4, -0.2) is 31.3 Å². The highest BCUT2D eigenvalue weighted by atomic mass is 19.1. The van der Waals surface area contributed by atoms with Gasteiger partial charge in [0, 0.05) is 26.3 Å². The van der Waals surface area contributed by atoms with Gasteiger partial charge in [-0.3, -0.25) is 0 Å². The molecular formula is C9H12FN3O. The van der Waals surface area contributed by atoms with E-state index in [1.807, 2.05) is 4.90 Å². The maximum atomic E-state index is 12.7. The molecule has 5 heteroatoms. The van der Waals surface area contributed by atoms with Crippen LogP contribution in [0.2, 0.25) is 0 Å². The van der Waals surface area contributed by atoms with Crippen LogP contribution < -0.4 is 10.6 Å². The normalized spacial score (nSPS) is 16.9. The molecule has 0 amide bonds. The number of nitrogen functional groups attached to an aromatic ring is 1. The molecule has 1 aliphatic rings. The second kappa shape index (κ2) is 3.42. The molecule has 1 fully saturated rings. The summed E-state index contributed by atoms with van der Waals surface area (Å²) in [6.07, 6.45) is 1.41. The fourth-order valence-corrected chi connectivity index (χ4v) is 1.47. The first-order valence-electron chi connectivity index (χ1n) is 4.39. The largest absolute Gasteiger partial charge is 0.396 e. The molecule has 0 unspecified atom stereocenters. The first-order chi connectivity index (χ1) is 6.70. The lowest BCUT2D eigenvalue weighted by molar-refractivity contribution is 0.0784. The Balaban J connectivity index is 2.11. The first-order valence-corrected chi connectivity index (χ1v) is 4.39. The van der Waals surface area contributed by atoms with E-state index in [-0.39, 0.29) is 6.10 Å². The van der Waals surface area contributed by atoms with Gasteiger partial charge in [0.15, 0.2) is 5.82 Å². The van der Waals surface area contributed by atoms with Crippen molar-refractivity contribution in [2.24, 2.45) is 0 Å². The summed E-state index contributed by atoms with van der Waals surface area (Å²) in [5.41, 5.74) is 6.01. The zero-order valence-electron chi connectivity index (χ0n) is 7.90. The van der Waals surface area contributed by atoms with Crippen molar-refractivity contribution in [1.29, 1.82) is 0 Å². The third-order valence-electron chi connectivity index (χ3n) is 2.34. The lowest BCUT2D eigenvalue weighted by Crippen LogP contribution is -2.52. The van der Waals surface area contributed by atoms with Gasteiger partial charge in [0.2, 0.25) is 0 Å². The van der Waals surface area contributed by atoms with E-state index in [1.54, 1.807) is 7.11 Å². The van der Waals surface area contributed by atoms with Gasteiger partial charge in [-0.1, -0.05) is 0 Å². The van der Waals surface area contributed by atoms with Gasteiger partial charge < -0.3 is 15.4 Å². The Bertz CT molecular complexity index is 339. The number of pyridine rings is 1. The maximum Gasteiger partial charge on any atom is 0.152 e. The monoisotopic (exact) mass is 197 g/mol. The summed E-state index contributed by atoms with van der Waals surface area (Å²) in [7, 11) is 1.67. The van der Waals surface area contributed by atoms with E-state index in [1.165, 1.54) is 12.3 Å². The second-order valence-electron chi connectivity index (χ2n) is 3.33. The highest BCUT2D eigenvalue weighted by Crippen LogP contribution is 2.25. The molecule has 0 saturated carbocycles. The molecule has 0 aliphatic carbocycles. The van der Waals surface area contributed by atoms with E-state index < -0.39 is 5.82 Å². The fraction of sp³-hybridized carbons (Fsp3) is 0.444. The van der Waals surface area contributed by atoms with Crippen molar-refractivity contribution in [3.05, 3.63) is 18.1 Å². The predicted octanol–water partition coefficient (Wildman–Crippen LogP) is 0.638. The Labute approximate surface area is 81.5 Å². The molecular weight excluding hydrogens is 185 g/mol. The van der Waals surface area contributed by atoms with Crippen LogP contribution in [0.5, 0.6) is 0 Å². The highest BCUT2D eigenvalue weighted by Gasteiger charge is 2.28. The number of anilines is 2. The average Bonchev–Trinajstić information content (AvgIpc) is 2.06. The standard InChI is InChI=1S/C9H12FN3O/c1-14-7-4-13(5-7)9-8(11)2-6(10)3-12-9/h2-3,7H,4-5,11H2,1H3. The van der Waals surface area contributed by atoms with E-state index in [0.717, 1.165) is 13.1 Å². The zero-order chi connectivity index (χ0) is 10.1. The molecule has 1 aliphatic heterocycles. The van der Waals surface area contributed by atoms with Crippen molar-refractivity contribution in [3.8, 4) is 0 Å². The Hall–Kier alpha value is -1.36. The molecule has 14 heavy (non-hydrogen) atoms. The van der Waals surface area contributed by atoms with Crippen molar-refractivity contribution >= 4 is 11.5 Å². The van der Waals surface area contributed by atoms with Crippen molar-refractivity contribution in [2.75, 3.05) is 30.8 Å². The Morgan fingerprint density at radius 3 is 2.93 bits per heavy atom. The SMILES string of the molecule is COC1CN(c2ncc(F)cc2N)C1. The van der Waals surface area contributed by atoms with Crippen LogP contribution in [0.25, 0.3) is 0 Å². The maximum absolute atomic E-state index is 12.7. The van der Waals surface area contributed by atoms with E-state index in [4.69, 9.17) is 10.5 Å². The van der Waals surface area contributed by atoms with Crippen molar-refractivity contribution in [1.82, 2.24) is 4.98 Å². The number of halogens is 1. The molecule has 0 atom stereocenters. The fourth-order valence-electron chi connectivity index (χ4n) is 1.47.